The molecule has 0 aliphatic heterocycles. The molecule has 1 N–H and O–H groups in total. The van der Waals surface area contributed by atoms with Crippen molar-refractivity contribution in [2.75, 3.05) is 0 Å². The molecule has 0 aromatic carbocycles. The Kier molecular flexibility index (Phi) is 5.07. The molecule has 2 aromatic rings. The summed E-state index contributed by atoms with van der Waals surface area (Å²) in [4.78, 5) is 15.4. The number of allylic oxidation sites excluding steroid dienone is 5. The molecule has 0 bridgehead atoms. The molecule has 0 saturated carbocycles. The fourth-order valence-electron chi connectivity index (χ4n) is 1.96. The lowest BCUT2D eigenvalue weighted by atomic mass is 10.1. The molecule has 0 aliphatic carbocycles. The fourth-order valence-corrected chi connectivity index (χ4v) is 1.96. The topological polar surface area (TPSA) is 91.8 Å². The molecule has 2 aromatic heterocycles. The molecular weight excluding hydrogens is 304 g/mol. The monoisotopic (exact) mass is 320 g/mol. The van der Waals surface area contributed by atoms with E-state index in [-0.39, 0.29) is 11.7 Å². The Morgan fingerprint density at radius 3 is 2.62 bits per heavy atom. The third kappa shape index (κ3) is 3.47. The van der Waals surface area contributed by atoms with Crippen molar-refractivity contribution in [1.82, 2.24) is 14.8 Å². The molecule has 0 fully saturated rings. The second-order valence-electron chi connectivity index (χ2n) is 5.04. The Hall–Kier alpha value is -3.46. The number of carbonyl (C=O) groups excluding carboxylic acids is 1. The number of hydrogen-bond acceptors (Lipinski definition) is 5. The molecule has 6 nitrogen and oxygen atoms in total. The molecule has 120 valence electrons. The van der Waals surface area contributed by atoms with Crippen molar-refractivity contribution in [3.63, 3.8) is 0 Å². The first-order valence-corrected chi connectivity index (χ1v) is 7.13. The van der Waals surface area contributed by atoms with E-state index in [4.69, 9.17) is 5.26 Å². The van der Waals surface area contributed by atoms with Crippen LogP contribution in [0.3, 0.4) is 0 Å². The van der Waals surface area contributed by atoms with Gasteiger partial charge in [-0.15, -0.1) is 0 Å². The highest BCUT2D eigenvalue weighted by atomic mass is 16.3. The zero-order chi connectivity index (χ0) is 17.7. The maximum absolute atomic E-state index is 11.3. The first-order valence-electron chi connectivity index (χ1n) is 7.13. The van der Waals surface area contributed by atoms with Gasteiger partial charge in [-0.25, -0.2) is 4.98 Å². The summed E-state index contributed by atoms with van der Waals surface area (Å²) in [6, 6.07) is 5.23. The molecule has 2 rings (SSSR count). The summed E-state index contributed by atoms with van der Waals surface area (Å²) in [5.74, 6) is 0.244. The van der Waals surface area contributed by atoms with Gasteiger partial charge in [-0.1, -0.05) is 18.7 Å². The number of aromatic nitrogens is 3. The van der Waals surface area contributed by atoms with Crippen LogP contribution in [0.1, 0.15) is 29.8 Å². The van der Waals surface area contributed by atoms with Crippen molar-refractivity contribution in [3.8, 4) is 17.8 Å². The summed E-state index contributed by atoms with van der Waals surface area (Å²) < 4.78 is 1.28. The molecule has 0 aliphatic rings. The number of pyridine rings is 1. The molecular formula is C18H16N4O2. The van der Waals surface area contributed by atoms with Gasteiger partial charge in [-0.2, -0.15) is 15.0 Å². The van der Waals surface area contributed by atoms with Gasteiger partial charge in [-0.05, 0) is 37.6 Å². The SMILES string of the molecule is C=C/C(C#N)=C\C=C(/C)c1cnn(-c2ccc(C(C)=O)cn2)c1O. The van der Waals surface area contributed by atoms with Crippen LogP contribution in [-0.2, 0) is 0 Å². The molecule has 0 atom stereocenters. The zero-order valence-electron chi connectivity index (χ0n) is 13.4. The van der Waals surface area contributed by atoms with E-state index in [1.54, 1.807) is 31.2 Å². The van der Waals surface area contributed by atoms with Gasteiger partial charge in [-0.3, -0.25) is 4.79 Å². The maximum Gasteiger partial charge on any atom is 0.223 e. The van der Waals surface area contributed by atoms with Gasteiger partial charge in [0.15, 0.2) is 11.6 Å². The van der Waals surface area contributed by atoms with Crippen molar-refractivity contribution in [1.29, 1.82) is 5.26 Å². The van der Waals surface area contributed by atoms with E-state index in [1.165, 1.54) is 30.1 Å². The van der Waals surface area contributed by atoms with Crippen LogP contribution in [0.25, 0.3) is 11.4 Å². The second-order valence-corrected chi connectivity index (χ2v) is 5.04. The molecule has 24 heavy (non-hydrogen) atoms. The van der Waals surface area contributed by atoms with Crippen LogP contribution in [-0.4, -0.2) is 25.7 Å². The van der Waals surface area contributed by atoms with E-state index >= 15 is 0 Å². The van der Waals surface area contributed by atoms with E-state index in [0.29, 0.717) is 22.5 Å². The summed E-state index contributed by atoms with van der Waals surface area (Å²) in [7, 11) is 0. The van der Waals surface area contributed by atoms with Crippen LogP contribution in [0.15, 0.2) is 54.9 Å². The van der Waals surface area contributed by atoms with Gasteiger partial charge in [0, 0.05) is 11.8 Å². The summed E-state index contributed by atoms with van der Waals surface area (Å²) in [6.07, 6.45) is 7.71. The summed E-state index contributed by atoms with van der Waals surface area (Å²) in [6.45, 7) is 6.80. The van der Waals surface area contributed by atoms with Crippen molar-refractivity contribution < 1.29 is 9.90 Å². The second kappa shape index (κ2) is 7.20. The summed E-state index contributed by atoms with van der Waals surface area (Å²) in [5, 5.41) is 23.3. The lowest BCUT2D eigenvalue weighted by Crippen LogP contribution is -2.01. The minimum absolute atomic E-state index is 0.0719. The highest BCUT2D eigenvalue weighted by Crippen LogP contribution is 2.26. The molecule has 0 radical (unpaired) electrons. The van der Waals surface area contributed by atoms with Gasteiger partial charge in [0.05, 0.1) is 23.4 Å². The largest absolute Gasteiger partial charge is 0.493 e. The smallest absolute Gasteiger partial charge is 0.223 e. The van der Waals surface area contributed by atoms with Gasteiger partial charge in [0.1, 0.15) is 0 Å². The number of aromatic hydroxyl groups is 1. The molecule has 6 heteroatoms. The summed E-state index contributed by atoms with van der Waals surface area (Å²) >= 11 is 0. The van der Waals surface area contributed by atoms with Crippen molar-refractivity contribution >= 4 is 11.4 Å². The Labute approximate surface area is 139 Å². The quantitative estimate of drug-likeness (QED) is 0.519. The molecule has 0 amide bonds. The number of Topliss-reactive ketones (excluding diaryl/α,β-unsaturated/α-hetero) is 1. The van der Waals surface area contributed by atoms with E-state index in [2.05, 4.69) is 16.7 Å². The van der Waals surface area contributed by atoms with Gasteiger partial charge in [0.2, 0.25) is 5.88 Å². The molecule has 0 unspecified atom stereocenters. The maximum atomic E-state index is 11.3. The Bertz CT molecular complexity index is 881. The summed E-state index contributed by atoms with van der Waals surface area (Å²) in [5.41, 5.74) is 2.15. The van der Waals surface area contributed by atoms with Crippen molar-refractivity contribution in [3.05, 3.63) is 66.0 Å². The van der Waals surface area contributed by atoms with E-state index in [1.807, 2.05) is 6.07 Å². The third-order valence-electron chi connectivity index (χ3n) is 3.40. The first-order chi connectivity index (χ1) is 11.5. The van der Waals surface area contributed by atoms with Crippen molar-refractivity contribution in [2.24, 2.45) is 0 Å². The number of nitrogens with zero attached hydrogens (tertiary/aromatic N) is 4. The van der Waals surface area contributed by atoms with E-state index in [0.717, 1.165) is 5.57 Å². The van der Waals surface area contributed by atoms with Crippen molar-refractivity contribution in [2.45, 2.75) is 13.8 Å². The van der Waals surface area contributed by atoms with Gasteiger partial charge < -0.3 is 5.11 Å². The first kappa shape index (κ1) is 16.9. The number of hydrogen-bond donors (Lipinski definition) is 1. The highest BCUT2D eigenvalue weighted by Gasteiger charge is 2.13. The highest BCUT2D eigenvalue weighted by molar-refractivity contribution is 5.93. The van der Waals surface area contributed by atoms with Crippen LogP contribution in [0, 0.1) is 11.3 Å². The molecule has 0 saturated heterocycles. The van der Waals surface area contributed by atoms with Crippen LogP contribution in [0.2, 0.25) is 0 Å². The van der Waals surface area contributed by atoms with Crippen LogP contribution >= 0.6 is 0 Å². The average molecular weight is 320 g/mol. The lowest BCUT2D eigenvalue weighted by Gasteiger charge is -2.04. The zero-order valence-corrected chi connectivity index (χ0v) is 13.4. The van der Waals surface area contributed by atoms with E-state index < -0.39 is 0 Å². The third-order valence-corrected chi connectivity index (χ3v) is 3.40. The van der Waals surface area contributed by atoms with Gasteiger partial charge in [0.25, 0.3) is 0 Å². The van der Waals surface area contributed by atoms with E-state index in [9.17, 15) is 9.90 Å². The Balaban J connectivity index is 2.36. The average Bonchev–Trinajstić information content (AvgIpc) is 2.97. The van der Waals surface area contributed by atoms with Gasteiger partial charge >= 0.3 is 0 Å². The number of ketones is 1. The standard InChI is InChI=1S/C18H16N4O2/c1-4-14(9-19)6-5-12(2)16-11-21-22(18(16)24)17-8-7-15(10-20-17)13(3)23/h4-8,10-11,24H,1H2,2-3H3/b12-5+,14-6+. The molecule has 0 spiro atoms. The predicted molar refractivity (Wildman–Crippen MR) is 90.6 cm³/mol. The fraction of sp³-hybridized carbons (Fsp3) is 0.111. The minimum atomic E-state index is -0.0829. The number of nitriles is 1. The normalized spacial score (nSPS) is 11.9. The lowest BCUT2D eigenvalue weighted by molar-refractivity contribution is 0.101. The van der Waals surface area contributed by atoms with Crippen LogP contribution in [0.5, 0.6) is 5.88 Å². The number of rotatable bonds is 5. The number of carbonyl (C=O) groups is 1. The minimum Gasteiger partial charge on any atom is -0.493 e. The van der Waals surface area contributed by atoms with Crippen LogP contribution in [0.4, 0.5) is 0 Å². The Morgan fingerprint density at radius 1 is 1.33 bits per heavy atom. The predicted octanol–water partition coefficient (Wildman–Crippen LogP) is 3.21. The molecule has 2 heterocycles. The van der Waals surface area contributed by atoms with Crippen LogP contribution < -0.4 is 0 Å². The Morgan fingerprint density at radius 2 is 2.08 bits per heavy atom.